The summed E-state index contributed by atoms with van der Waals surface area (Å²) in [4.78, 5) is 18.3. The Morgan fingerprint density at radius 2 is 2.12 bits per heavy atom. The van der Waals surface area contributed by atoms with Gasteiger partial charge < -0.3 is 5.32 Å². The van der Waals surface area contributed by atoms with Gasteiger partial charge in [-0.1, -0.05) is 12.5 Å². The van der Waals surface area contributed by atoms with Crippen molar-refractivity contribution in [2.45, 2.75) is 44.6 Å². The maximum Gasteiger partial charge on any atom is 0.226 e. The molecule has 5 unspecified atom stereocenters. The fourth-order valence-corrected chi connectivity index (χ4v) is 7.19. The fourth-order valence-electron chi connectivity index (χ4n) is 5.56. The molecule has 0 spiro atoms. The molecular weight excluding hydrogens is 336 g/mol. The molecule has 5 atom stereocenters. The van der Waals surface area contributed by atoms with Crippen molar-refractivity contribution in [1.29, 1.82) is 0 Å². The summed E-state index contributed by atoms with van der Waals surface area (Å²) >= 11 is 3.33. The van der Waals surface area contributed by atoms with Crippen molar-refractivity contribution < 1.29 is 4.79 Å². The lowest BCUT2D eigenvalue weighted by Gasteiger charge is -2.32. The first-order chi connectivity index (χ1) is 11.8. The summed E-state index contributed by atoms with van der Waals surface area (Å²) in [5, 5.41) is 8.47. The number of fused-ring (bicyclic) bond motifs is 5. The van der Waals surface area contributed by atoms with E-state index >= 15 is 0 Å². The number of carbonyl (C=O) groups excluding carboxylic acids is 1. The standard InChI is InChI=1S/C19H22N2OS2/c22-18(9-12-10-24-19(20-12)17-5-2-6-23-17)21-16-8-11-7-15(16)14-4-1-3-13(11)14/h2,5-6,10-11,13-16H,1,3-4,7-9H2,(H,21,22). The highest BCUT2D eigenvalue weighted by molar-refractivity contribution is 7.20. The predicted molar refractivity (Wildman–Crippen MR) is 98.1 cm³/mol. The topological polar surface area (TPSA) is 42.0 Å². The molecule has 5 heteroatoms. The first kappa shape index (κ1) is 15.1. The monoisotopic (exact) mass is 358 g/mol. The van der Waals surface area contributed by atoms with Crippen molar-refractivity contribution in [3.8, 4) is 9.88 Å². The number of carbonyl (C=O) groups is 1. The molecule has 2 heterocycles. The maximum atomic E-state index is 12.5. The smallest absolute Gasteiger partial charge is 0.226 e. The number of rotatable bonds is 4. The van der Waals surface area contributed by atoms with Crippen molar-refractivity contribution >= 4 is 28.6 Å². The van der Waals surface area contributed by atoms with Crippen molar-refractivity contribution in [3.63, 3.8) is 0 Å². The highest BCUT2D eigenvalue weighted by Gasteiger charge is 2.53. The Morgan fingerprint density at radius 1 is 1.21 bits per heavy atom. The van der Waals surface area contributed by atoms with E-state index in [1.165, 1.54) is 37.0 Å². The van der Waals surface area contributed by atoms with Crippen LogP contribution in [0.4, 0.5) is 0 Å². The van der Waals surface area contributed by atoms with Crippen molar-refractivity contribution in [2.75, 3.05) is 0 Å². The second kappa shape index (κ2) is 5.95. The highest BCUT2D eigenvalue weighted by atomic mass is 32.1. The zero-order valence-electron chi connectivity index (χ0n) is 13.6. The summed E-state index contributed by atoms with van der Waals surface area (Å²) in [6.45, 7) is 0. The van der Waals surface area contributed by atoms with Gasteiger partial charge in [0.15, 0.2) is 0 Å². The molecule has 3 aliphatic rings. The molecule has 0 saturated heterocycles. The van der Waals surface area contributed by atoms with E-state index in [-0.39, 0.29) is 5.91 Å². The van der Waals surface area contributed by atoms with Gasteiger partial charge in [-0.3, -0.25) is 4.79 Å². The van der Waals surface area contributed by atoms with Crippen LogP contribution in [0.2, 0.25) is 0 Å². The van der Waals surface area contributed by atoms with E-state index in [4.69, 9.17) is 0 Å². The molecule has 126 valence electrons. The van der Waals surface area contributed by atoms with E-state index in [1.54, 1.807) is 22.7 Å². The molecule has 2 aromatic rings. The number of amides is 1. The summed E-state index contributed by atoms with van der Waals surface area (Å²) < 4.78 is 0. The number of hydrogen-bond donors (Lipinski definition) is 1. The summed E-state index contributed by atoms with van der Waals surface area (Å²) in [5.41, 5.74) is 0.905. The van der Waals surface area contributed by atoms with E-state index in [0.29, 0.717) is 12.5 Å². The van der Waals surface area contributed by atoms with E-state index in [1.807, 2.05) is 11.4 Å². The average Bonchev–Trinajstić information content (AvgIpc) is 3.34. The molecule has 0 radical (unpaired) electrons. The van der Waals surface area contributed by atoms with E-state index in [2.05, 4.69) is 21.7 Å². The first-order valence-electron chi connectivity index (χ1n) is 9.05. The van der Waals surface area contributed by atoms with Gasteiger partial charge >= 0.3 is 0 Å². The maximum absolute atomic E-state index is 12.5. The molecule has 1 amide bonds. The predicted octanol–water partition coefficient (Wildman–Crippen LogP) is 4.36. The van der Waals surface area contributed by atoms with Gasteiger partial charge in [0.05, 0.1) is 17.0 Å². The van der Waals surface area contributed by atoms with Crippen LogP contribution in [-0.4, -0.2) is 16.9 Å². The minimum Gasteiger partial charge on any atom is -0.353 e. The van der Waals surface area contributed by atoms with Crippen molar-refractivity contribution in [3.05, 3.63) is 28.6 Å². The van der Waals surface area contributed by atoms with Crippen LogP contribution in [0, 0.1) is 23.7 Å². The lowest BCUT2D eigenvalue weighted by molar-refractivity contribution is -0.121. The van der Waals surface area contributed by atoms with Gasteiger partial charge in [0.25, 0.3) is 0 Å². The quantitative estimate of drug-likeness (QED) is 0.882. The third-order valence-corrected chi connectivity index (χ3v) is 8.33. The van der Waals surface area contributed by atoms with Crippen LogP contribution < -0.4 is 5.32 Å². The molecule has 3 nitrogen and oxygen atoms in total. The van der Waals surface area contributed by atoms with Crippen LogP contribution in [0.15, 0.2) is 22.9 Å². The Morgan fingerprint density at radius 3 is 3.00 bits per heavy atom. The second-order valence-corrected chi connectivity index (χ2v) is 9.43. The fraction of sp³-hybridized carbons (Fsp3) is 0.579. The summed E-state index contributed by atoms with van der Waals surface area (Å²) in [7, 11) is 0. The lowest BCUT2D eigenvalue weighted by Crippen LogP contribution is -2.43. The number of thiazole rings is 1. The number of aromatic nitrogens is 1. The number of hydrogen-bond acceptors (Lipinski definition) is 4. The van der Waals surface area contributed by atoms with Gasteiger partial charge in [-0.15, -0.1) is 22.7 Å². The van der Waals surface area contributed by atoms with Crippen LogP contribution in [0.1, 0.15) is 37.8 Å². The minimum absolute atomic E-state index is 0.158. The molecule has 3 fully saturated rings. The van der Waals surface area contributed by atoms with Crippen LogP contribution in [0.5, 0.6) is 0 Å². The zero-order valence-corrected chi connectivity index (χ0v) is 15.2. The zero-order chi connectivity index (χ0) is 16.1. The number of thiophene rings is 1. The number of nitrogens with one attached hydrogen (secondary N) is 1. The first-order valence-corrected chi connectivity index (χ1v) is 10.8. The Hall–Kier alpha value is -1.20. The van der Waals surface area contributed by atoms with E-state index in [0.717, 1.165) is 34.4 Å². The molecule has 0 aliphatic heterocycles. The van der Waals surface area contributed by atoms with Gasteiger partial charge in [0, 0.05) is 11.4 Å². The van der Waals surface area contributed by atoms with Gasteiger partial charge in [-0.2, -0.15) is 0 Å². The average molecular weight is 359 g/mol. The highest BCUT2D eigenvalue weighted by Crippen LogP contribution is 2.58. The summed E-state index contributed by atoms with van der Waals surface area (Å²) in [5.74, 6) is 3.68. The SMILES string of the molecule is O=C(Cc1csc(-c2cccs2)n1)NC1CC2CC1C1CCCC21. The van der Waals surface area contributed by atoms with Gasteiger partial charge in [0.1, 0.15) is 5.01 Å². The molecule has 5 rings (SSSR count). The Labute approximate surface area is 150 Å². The molecule has 24 heavy (non-hydrogen) atoms. The third kappa shape index (κ3) is 2.53. The van der Waals surface area contributed by atoms with Gasteiger partial charge in [0.2, 0.25) is 5.91 Å². The van der Waals surface area contributed by atoms with E-state index < -0.39 is 0 Å². The summed E-state index contributed by atoms with van der Waals surface area (Å²) in [6, 6.07) is 4.55. The van der Waals surface area contributed by atoms with Gasteiger partial charge in [-0.25, -0.2) is 4.98 Å². The van der Waals surface area contributed by atoms with Crippen LogP contribution in [0.3, 0.4) is 0 Å². The number of nitrogens with zero attached hydrogens (tertiary/aromatic N) is 1. The third-order valence-electron chi connectivity index (χ3n) is 6.40. The Balaban J connectivity index is 1.21. The second-order valence-electron chi connectivity index (χ2n) is 7.63. The molecular formula is C19H22N2OS2. The normalized spacial score (nSPS) is 33.8. The van der Waals surface area contributed by atoms with Crippen molar-refractivity contribution in [2.24, 2.45) is 23.7 Å². The van der Waals surface area contributed by atoms with Gasteiger partial charge in [-0.05, 0) is 60.8 Å². The lowest BCUT2D eigenvalue weighted by atomic mass is 9.79. The minimum atomic E-state index is 0.158. The summed E-state index contributed by atoms with van der Waals surface area (Å²) in [6.07, 6.45) is 7.25. The Kier molecular flexibility index (Phi) is 3.74. The molecule has 3 saturated carbocycles. The molecule has 0 aromatic carbocycles. The molecule has 1 N–H and O–H groups in total. The van der Waals surface area contributed by atoms with Crippen molar-refractivity contribution in [1.82, 2.24) is 10.3 Å². The Bertz CT molecular complexity index is 738. The largest absolute Gasteiger partial charge is 0.353 e. The molecule has 2 bridgehead atoms. The van der Waals surface area contributed by atoms with Crippen LogP contribution in [0.25, 0.3) is 9.88 Å². The van der Waals surface area contributed by atoms with Crippen LogP contribution in [-0.2, 0) is 11.2 Å². The molecule has 2 aromatic heterocycles. The van der Waals surface area contributed by atoms with Crippen LogP contribution >= 0.6 is 22.7 Å². The molecule has 3 aliphatic carbocycles. The van der Waals surface area contributed by atoms with E-state index in [9.17, 15) is 4.79 Å².